The Morgan fingerprint density at radius 2 is 1.97 bits per heavy atom. The SMILES string of the molecule is C[C@@H]1CC2C3CC(F)=C4CC(=O)C=C[C@]4(C)[C@@]3(F)C(=O)C[C@]2(C)[C@@]1(OC(=O)c1ccco1)C(=O)SCF. The zero-order chi connectivity index (χ0) is 27.0. The Balaban J connectivity index is 1.65. The summed E-state index contributed by atoms with van der Waals surface area (Å²) in [5.74, 6) is -5.67. The number of allylic oxidation sites excluding steroid dienone is 4. The van der Waals surface area contributed by atoms with E-state index in [2.05, 4.69) is 0 Å². The summed E-state index contributed by atoms with van der Waals surface area (Å²) < 4.78 is 57.3. The van der Waals surface area contributed by atoms with Gasteiger partial charge in [0.1, 0.15) is 11.8 Å². The Hall–Kier alpha value is -2.62. The molecule has 0 N–H and O–H groups in total. The molecule has 6 nitrogen and oxygen atoms in total. The number of halogens is 3. The monoisotopic (exact) mass is 536 g/mol. The highest BCUT2D eigenvalue weighted by Crippen LogP contribution is 2.71. The molecule has 5 rings (SSSR count). The lowest BCUT2D eigenvalue weighted by Gasteiger charge is -2.59. The number of fused-ring (bicyclic) bond motifs is 5. The van der Waals surface area contributed by atoms with E-state index >= 15 is 8.78 Å². The number of hydrogen-bond donors (Lipinski definition) is 0. The zero-order valence-corrected chi connectivity index (χ0v) is 21.5. The number of carbonyl (C=O) groups is 4. The topological polar surface area (TPSA) is 90.7 Å². The maximum absolute atomic E-state index is 17.3. The lowest BCUT2D eigenvalue weighted by Crippen LogP contribution is -2.68. The average molecular weight is 537 g/mol. The fraction of sp³-hybridized carbons (Fsp3) is 0.556. The predicted octanol–water partition coefficient (Wildman–Crippen LogP) is 5.48. The van der Waals surface area contributed by atoms with Crippen LogP contribution in [0.4, 0.5) is 13.2 Å². The Kier molecular flexibility index (Phi) is 5.93. The van der Waals surface area contributed by atoms with Gasteiger partial charge < -0.3 is 9.15 Å². The minimum atomic E-state index is -2.53. The summed E-state index contributed by atoms with van der Waals surface area (Å²) in [6.45, 7) is 4.65. The standard InChI is InChI=1S/C27H27F3O6S/c1-14-9-16-17-11-19(29)18-10-15(31)6-7-24(18,2)26(17,30)21(32)12-25(16,3)27(14,23(34)37-13-28)36-22(33)20-5-4-8-35-20/h4-8,14,16-17H,9-13H2,1-3H3/t14-,16?,17?,24+,25+,26+,27+/m1/s1. The number of hydrogen-bond acceptors (Lipinski definition) is 7. The van der Waals surface area contributed by atoms with Crippen molar-refractivity contribution in [3.8, 4) is 0 Å². The van der Waals surface area contributed by atoms with E-state index in [4.69, 9.17) is 9.15 Å². The average Bonchev–Trinajstić information content (AvgIpc) is 3.45. The molecule has 1 aromatic rings. The summed E-state index contributed by atoms with van der Waals surface area (Å²) in [7, 11) is 0. The van der Waals surface area contributed by atoms with E-state index in [-0.39, 0.29) is 30.0 Å². The first-order chi connectivity index (χ1) is 17.4. The quantitative estimate of drug-likeness (QED) is 0.471. The van der Waals surface area contributed by atoms with Crippen molar-refractivity contribution in [1.29, 1.82) is 0 Å². The molecule has 0 bridgehead atoms. The fourth-order valence-electron chi connectivity index (χ4n) is 7.67. The number of furan rings is 1. The second-order valence-corrected chi connectivity index (χ2v) is 11.9. The molecule has 0 spiro atoms. The molecule has 10 heteroatoms. The van der Waals surface area contributed by atoms with E-state index < -0.39 is 81.4 Å². The summed E-state index contributed by atoms with van der Waals surface area (Å²) in [5.41, 5.74) is -7.64. The van der Waals surface area contributed by atoms with Crippen molar-refractivity contribution >= 4 is 34.4 Å². The van der Waals surface area contributed by atoms with Gasteiger partial charge in [0, 0.05) is 36.5 Å². The second-order valence-electron chi connectivity index (χ2n) is 11.0. The fourth-order valence-corrected chi connectivity index (χ4v) is 8.46. The van der Waals surface area contributed by atoms with Crippen LogP contribution in [0.15, 0.2) is 46.4 Å². The molecule has 0 aliphatic heterocycles. The van der Waals surface area contributed by atoms with Gasteiger partial charge in [-0.15, -0.1) is 0 Å². The van der Waals surface area contributed by atoms with Crippen LogP contribution in [0.2, 0.25) is 0 Å². The van der Waals surface area contributed by atoms with E-state index in [0.717, 1.165) is 0 Å². The van der Waals surface area contributed by atoms with Crippen molar-refractivity contribution in [3.05, 3.63) is 47.7 Å². The van der Waals surface area contributed by atoms with E-state index in [1.54, 1.807) is 13.8 Å². The van der Waals surface area contributed by atoms with Gasteiger partial charge in [-0.2, -0.15) is 0 Å². The van der Waals surface area contributed by atoms with E-state index in [9.17, 15) is 23.6 Å². The van der Waals surface area contributed by atoms with Gasteiger partial charge in [0.2, 0.25) is 10.9 Å². The molecule has 0 amide bonds. The highest BCUT2D eigenvalue weighted by molar-refractivity contribution is 8.13. The van der Waals surface area contributed by atoms with Gasteiger partial charge in [-0.05, 0) is 54.8 Å². The Morgan fingerprint density at radius 1 is 1.24 bits per heavy atom. The first kappa shape index (κ1) is 26.0. The van der Waals surface area contributed by atoms with Crippen LogP contribution in [-0.4, -0.2) is 39.9 Å². The van der Waals surface area contributed by atoms with Gasteiger partial charge in [0.25, 0.3) is 0 Å². The Labute approximate surface area is 216 Å². The maximum Gasteiger partial charge on any atom is 0.375 e. The molecule has 1 heterocycles. The largest absolute Gasteiger partial charge is 0.457 e. The maximum atomic E-state index is 17.3. The molecule has 198 valence electrons. The van der Waals surface area contributed by atoms with Crippen LogP contribution < -0.4 is 0 Å². The molecule has 37 heavy (non-hydrogen) atoms. The van der Waals surface area contributed by atoms with Gasteiger partial charge in [0.15, 0.2) is 22.8 Å². The van der Waals surface area contributed by atoms with E-state index in [1.807, 2.05) is 0 Å². The van der Waals surface area contributed by atoms with Crippen LogP contribution >= 0.6 is 11.8 Å². The van der Waals surface area contributed by atoms with Gasteiger partial charge in [0.05, 0.1) is 11.7 Å². The first-order valence-corrected chi connectivity index (χ1v) is 13.2. The summed E-state index contributed by atoms with van der Waals surface area (Å²) in [5, 5.41) is -0.784. The highest BCUT2D eigenvalue weighted by Gasteiger charge is 2.78. The van der Waals surface area contributed by atoms with Crippen LogP contribution in [0.3, 0.4) is 0 Å². The molecule has 1 aromatic heterocycles. The third-order valence-corrected chi connectivity index (χ3v) is 10.1. The summed E-state index contributed by atoms with van der Waals surface area (Å²) in [4.78, 5) is 52.5. The predicted molar refractivity (Wildman–Crippen MR) is 127 cm³/mol. The van der Waals surface area contributed by atoms with Crippen molar-refractivity contribution in [3.63, 3.8) is 0 Å². The normalized spacial score (nSPS) is 40.8. The molecule has 7 atom stereocenters. The molecule has 0 radical (unpaired) electrons. The van der Waals surface area contributed by atoms with Gasteiger partial charge in [-0.1, -0.05) is 19.9 Å². The minimum absolute atomic E-state index is 0.0266. The number of alkyl halides is 2. The Bertz CT molecular complexity index is 1260. The first-order valence-electron chi connectivity index (χ1n) is 12.2. The number of Topliss-reactive ketones (excluding diaryl/α,β-unsaturated/α-hetero) is 1. The molecule has 4 aliphatic carbocycles. The van der Waals surface area contributed by atoms with Gasteiger partial charge >= 0.3 is 5.97 Å². The molecular formula is C27H27F3O6S. The van der Waals surface area contributed by atoms with Crippen LogP contribution in [0.1, 0.15) is 57.0 Å². The number of ether oxygens (including phenoxy) is 1. The second kappa shape index (κ2) is 8.44. The van der Waals surface area contributed by atoms with Crippen molar-refractivity contribution in [2.75, 3.05) is 6.01 Å². The number of rotatable bonds is 4. The van der Waals surface area contributed by atoms with Crippen LogP contribution in [-0.2, 0) is 19.1 Å². The van der Waals surface area contributed by atoms with Crippen molar-refractivity contribution in [2.45, 2.75) is 57.7 Å². The summed E-state index contributed by atoms with van der Waals surface area (Å²) in [6, 6.07) is 1.72. The van der Waals surface area contributed by atoms with Gasteiger partial charge in [-0.3, -0.25) is 14.4 Å². The molecule has 2 unspecified atom stereocenters. The molecule has 0 saturated heterocycles. The zero-order valence-electron chi connectivity index (χ0n) is 20.6. The van der Waals surface area contributed by atoms with Crippen molar-refractivity contribution in [1.82, 2.24) is 0 Å². The lowest BCUT2D eigenvalue weighted by atomic mass is 9.46. The number of ketones is 2. The number of esters is 1. The summed E-state index contributed by atoms with van der Waals surface area (Å²) in [6.07, 6.45) is 2.66. The molecule has 2 saturated carbocycles. The smallest absolute Gasteiger partial charge is 0.375 e. The molecule has 0 aromatic carbocycles. The van der Waals surface area contributed by atoms with Crippen molar-refractivity contribution in [2.24, 2.45) is 28.6 Å². The molecular weight excluding hydrogens is 509 g/mol. The van der Waals surface area contributed by atoms with E-state index in [1.165, 1.54) is 37.5 Å². The third kappa shape index (κ3) is 3.20. The highest BCUT2D eigenvalue weighted by atomic mass is 32.2. The van der Waals surface area contributed by atoms with Crippen molar-refractivity contribution < 1.29 is 41.5 Å². The minimum Gasteiger partial charge on any atom is -0.457 e. The van der Waals surface area contributed by atoms with Crippen LogP contribution in [0, 0.1) is 28.6 Å². The van der Waals surface area contributed by atoms with E-state index in [0.29, 0.717) is 11.8 Å². The van der Waals surface area contributed by atoms with Gasteiger partial charge in [-0.25, -0.2) is 18.0 Å². The third-order valence-electron chi connectivity index (χ3n) is 9.43. The molecule has 2 fully saturated rings. The number of carbonyl (C=O) groups excluding carboxylic acids is 4. The lowest BCUT2D eigenvalue weighted by molar-refractivity contribution is -0.182. The Morgan fingerprint density at radius 3 is 2.62 bits per heavy atom. The van der Waals surface area contributed by atoms with Crippen LogP contribution in [0.25, 0.3) is 0 Å². The molecule has 4 aliphatic rings. The van der Waals surface area contributed by atoms with Crippen LogP contribution in [0.5, 0.6) is 0 Å². The number of thioether (sulfide) groups is 1. The summed E-state index contributed by atoms with van der Waals surface area (Å²) >= 11 is 0.322.